The summed E-state index contributed by atoms with van der Waals surface area (Å²) in [5, 5.41) is 14.5. The Kier molecular flexibility index (Phi) is 11.8. The van der Waals surface area contributed by atoms with Gasteiger partial charge in [0.05, 0.1) is 6.04 Å². The molecule has 0 aromatic rings. The highest BCUT2D eigenvalue weighted by Gasteiger charge is 2.28. The molecule has 0 saturated carbocycles. The Morgan fingerprint density at radius 2 is 1.42 bits per heavy atom. The van der Waals surface area contributed by atoms with Crippen molar-refractivity contribution in [2.24, 2.45) is 23.3 Å². The zero-order valence-electron chi connectivity index (χ0n) is 16.5. The van der Waals surface area contributed by atoms with Crippen LogP contribution in [0.5, 0.6) is 0 Å². The van der Waals surface area contributed by atoms with Crippen LogP contribution in [0.1, 0.15) is 59.8 Å². The fourth-order valence-corrected chi connectivity index (χ4v) is 2.62. The molecule has 0 heterocycles. The van der Waals surface area contributed by atoms with Gasteiger partial charge in [0.1, 0.15) is 12.1 Å². The maximum Gasteiger partial charge on any atom is 0.326 e. The predicted molar refractivity (Wildman–Crippen MR) is 101 cm³/mol. The highest BCUT2D eigenvalue weighted by molar-refractivity contribution is 5.91. The average Bonchev–Trinajstić information content (AvgIpc) is 2.51. The second-order valence-corrected chi connectivity index (χ2v) is 7.61. The van der Waals surface area contributed by atoms with E-state index in [1.807, 2.05) is 27.7 Å². The molecule has 8 heteroatoms. The first-order valence-electron chi connectivity index (χ1n) is 9.37. The van der Waals surface area contributed by atoms with Crippen LogP contribution in [0.3, 0.4) is 0 Å². The van der Waals surface area contributed by atoms with Gasteiger partial charge in [-0.2, -0.15) is 0 Å². The van der Waals surface area contributed by atoms with Gasteiger partial charge in [0.25, 0.3) is 0 Å². The monoisotopic (exact) mass is 372 g/mol. The quantitative estimate of drug-likeness (QED) is 0.299. The molecule has 26 heavy (non-hydrogen) atoms. The van der Waals surface area contributed by atoms with Crippen LogP contribution >= 0.6 is 0 Å². The molecule has 0 spiro atoms. The van der Waals surface area contributed by atoms with Crippen molar-refractivity contribution in [3.8, 4) is 0 Å². The summed E-state index contributed by atoms with van der Waals surface area (Å²) in [7, 11) is 0. The van der Waals surface area contributed by atoms with Crippen LogP contribution < -0.4 is 22.1 Å². The molecular weight excluding hydrogens is 336 g/mol. The van der Waals surface area contributed by atoms with Gasteiger partial charge in [0.15, 0.2) is 0 Å². The number of nitrogens with one attached hydrogen (secondary N) is 2. The molecule has 8 nitrogen and oxygen atoms in total. The van der Waals surface area contributed by atoms with E-state index < -0.39 is 35.9 Å². The van der Waals surface area contributed by atoms with Gasteiger partial charge in [-0.15, -0.1) is 0 Å². The van der Waals surface area contributed by atoms with Crippen LogP contribution in [0, 0.1) is 11.8 Å². The van der Waals surface area contributed by atoms with Crippen LogP contribution in [0.2, 0.25) is 0 Å². The van der Waals surface area contributed by atoms with Crippen molar-refractivity contribution in [3.63, 3.8) is 0 Å². The maximum atomic E-state index is 12.6. The minimum atomic E-state index is -1.09. The predicted octanol–water partition coefficient (Wildman–Crippen LogP) is 0.589. The summed E-state index contributed by atoms with van der Waals surface area (Å²) < 4.78 is 0. The fourth-order valence-electron chi connectivity index (χ4n) is 2.62. The van der Waals surface area contributed by atoms with Gasteiger partial charge >= 0.3 is 5.97 Å². The third kappa shape index (κ3) is 10.4. The van der Waals surface area contributed by atoms with Gasteiger partial charge in [-0.3, -0.25) is 9.59 Å². The molecule has 0 radical (unpaired) electrons. The van der Waals surface area contributed by atoms with Crippen LogP contribution in [0.15, 0.2) is 0 Å². The van der Waals surface area contributed by atoms with Gasteiger partial charge in [0.2, 0.25) is 11.8 Å². The Morgan fingerprint density at radius 1 is 0.885 bits per heavy atom. The van der Waals surface area contributed by atoms with E-state index in [4.69, 9.17) is 11.5 Å². The molecule has 0 aromatic carbocycles. The standard InChI is InChI=1S/C18H36N4O4/c1-11(2)9-13(20)16(23)21-14(7-5-6-8-19)17(24)22-15(18(25)26)10-12(3)4/h11-15H,5-10,19-20H2,1-4H3,(H,21,23)(H,22,24)(H,25,26). The van der Waals surface area contributed by atoms with Crippen molar-refractivity contribution < 1.29 is 19.5 Å². The summed E-state index contributed by atoms with van der Waals surface area (Å²) in [6, 6.07) is -2.51. The van der Waals surface area contributed by atoms with Crippen LogP contribution in [-0.4, -0.2) is 47.6 Å². The van der Waals surface area contributed by atoms with E-state index in [1.54, 1.807) is 0 Å². The lowest BCUT2D eigenvalue weighted by Crippen LogP contribution is -2.54. The lowest BCUT2D eigenvalue weighted by atomic mass is 10.0. The molecule has 0 bridgehead atoms. The summed E-state index contributed by atoms with van der Waals surface area (Å²) >= 11 is 0. The Bertz CT molecular complexity index is 454. The summed E-state index contributed by atoms with van der Waals surface area (Å²) in [6.45, 7) is 8.17. The van der Waals surface area contributed by atoms with Gasteiger partial charge in [-0.25, -0.2) is 4.79 Å². The van der Waals surface area contributed by atoms with E-state index >= 15 is 0 Å². The number of carbonyl (C=O) groups is 3. The van der Waals surface area contributed by atoms with E-state index in [0.29, 0.717) is 38.6 Å². The molecule has 0 saturated heterocycles. The summed E-state index contributed by atoms with van der Waals surface area (Å²) in [5.74, 6) is -1.62. The van der Waals surface area contributed by atoms with Gasteiger partial charge < -0.3 is 27.2 Å². The number of carboxylic acids is 1. The van der Waals surface area contributed by atoms with Crippen LogP contribution in [-0.2, 0) is 14.4 Å². The first kappa shape index (κ1) is 24.3. The van der Waals surface area contributed by atoms with Crippen molar-refractivity contribution in [1.82, 2.24) is 10.6 Å². The molecule has 0 aromatic heterocycles. The molecule has 7 N–H and O–H groups in total. The third-order valence-corrected chi connectivity index (χ3v) is 3.96. The molecule has 0 fully saturated rings. The van der Waals surface area contributed by atoms with E-state index in [2.05, 4.69) is 10.6 Å². The third-order valence-electron chi connectivity index (χ3n) is 3.96. The van der Waals surface area contributed by atoms with Crippen molar-refractivity contribution in [2.45, 2.75) is 77.9 Å². The van der Waals surface area contributed by atoms with Crippen LogP contribution in [0.4, 0.5) is 0 Å². The van der Waals surface area contributed by atoms with Gasteiger partial charge in [0, 0.05) is 0 Å². The number of carboxylic acid groups (broad SMARTS) is 1. The van der Waals surface area contributed by atoms with Gasteiger partial charge in [-0.1, -0.05) is 27.7 Å². The first-order valence-corrected chi connectivity index (χ1v) is 9.37. The molecule has 3 unspecified atom stereocenters. The number of rotatable bonds is 13. The molecule has 3 atom stereocenters. The molecule has 0 aliphatic heterocycles. The number of nitrogens with two attached hydrogens (primary N) is 2. The highest BCUT2D eigenvalue weighted by Crippen LogP contribution is 2.08. The maximum absolute atomic E-state index is 12.6. The van der Waals surface area contributed by atoms with Crippen molar-refractivity contribution in [1.29, 1.82) is 0 Å². The Labute approximate surface area is 156 Å². The van der Waals surface area contributed by atoms with Crippen molar-refractivity contribution >= 4 is 17.8 Å². The largest absolute Gasteiger partial charge is 0.480 e. The topological polar surface area (TPSA) is 148 Å². The summed E-state index contributed by atoms with van der Waals surface area (Å²) in [5.41, 5.74) is 11.4. The normalized spacial score (nSPS) is 14.8. The average molecular weight is 373 g/mol. The highest BCUT2D eigenvalue weighted by atomic mass is 16.4. The minimum absolute atomic E-state index is 0.112. The molecule has 0 rings (SSSR count). The molecule has 152 valence electrons. The fraction of sp³-hybridized carbons (Fsp3) is 0.833. The van der Waals surface area contributed by atoms with E-state index in [-0.39, 0.29) is 11.8 Å². The number of hydrogen-bond acceptors (Lipinski definition) is 5. The first-order chi connectivity index (χ1) is 12.1. The molecular formula is C18H36N4O4. The number of amides is 2. The Balaban J connectivity index is 4.99. The zero-order valence-corrected chi connectivity index (χ0v) is 16.5. The number of aliphatic carboxylic acids is 1. The number of unbranched alkanes of at least 4 members (excludes halogenated alkanes) is 1. The summed E-state index contributed by atoms with van der Waals surface area (Å²) in [6.07, 6.45) is 2.57. The Hall–Kier alpha value is -1.67. The smallest absolute Gasteiger partial charge is 0.326 e. The lowest BCUT2D eigenvalue weighted by molar-refractivity contribution is -0.142. The second-order valence-electron chi connectivity index (χ2n) is 7.61. The minimum Gasteiger partial charge on any atom is -0.480 e. The zero-order chi connectivity index (χ0) is 20.3. The molecule has 0 aliphatic rings. The van der Waals surface area contributed by atoms with Crippen LogP contribution in [0.25, 0.3) is 0 Å². The van der Waals surface area contributed by atoms with E-state index in [1.165, 1.54) is 0 Å². The van der Waals surface area contributed by atoms with E-state index in [9.17, 15) is 19.5 Å². The number of hydrogen-bond donors (Lipinski definition) is 5. The molecule has 2 amide bonds. The van der Waals surface area contributed by atoms with Crippen molar-refractivity contribution in [2.75, 3.05) is 6.54 Å². The van der Waals surface area contributed by atoms with E-state index in [0.717, 1.165) is 0 Å². The number of carbonyl (C=O) groups excluding carboxylic acids is 2. The Morgan fingerprint density at radius 3 is 1.88 bits per heavy atom. The summed E-state index contributed by atoms with van der Waals surface area (Å²) in [4.78, 5) is 36.2. The molecule has 0 aliphatic carbocycles. The SMILES string of the molecule is CC(C)CC(N)C(=O)NC(CCCCN)C(=O)NC(CC(C)C)C(=O)O. The van der Waals surface area contributed by atoms with Crippen molar-refractivity contribution in [3.05, 3.63) is 0 Å². The second kappa shape index (κ2) is 12.6. The van der Waals surface area contributed by atoms with Gasteiger partial charge in [-0.05, 0) is 50.5 Å². The lowest BCUT2D eigenvalue weighted by Gasteiger charge is -2.24.